The summed E-state index contributed by atoms with van der Waals surface area (Å²) in [7, 11) is 0. The predicted octanol–water partition coefficient (Wildman–Crippen LogP) is 1.09. The number of nitrogens with two attached hydrogens (primary N) is 1. The van der Waals surface area contributed by atoms with E-state index in [1.54, 1.807) is 0 Å². The molecule has 2 aliphatic rings. The maximum atomic E-state index is 11.5. The lowest BCUT2D eigenvalue weighted by molar-refractivity contribution is -0.120. The van der Waals surface area contributed by atoms with Gasteiger partial charge in [0.1, 0.15) is 0 Å². The highest BCUT2D eigenvalue weighted by molar-refractivity contribution is 5.79. The van der Waals surface area contributed by atoms with Crippen molar-refractivity contribution in [3.8, 4) is 0 Å². The van der Waals surface area contributed by atoms with Crippen molar-refractivity contribution in [1.82, 2.24) is 5.32 Å². The lowest BCUT2D eigenvalue weighted by Gasteiger charge is -2.12. The number of carbonyl (C=O) groups is 1. The third-order valence-corrected chi connectivity index (χ3v) is 2.96. The molecule has 0 heterocycles. The first-order chi connectivity index (χ1) is 6.75. The Labute approximate surface area is 84.7 Å². The molecule has 0 aromatic rings. The van der Waals surface area contributed by atoms with Gasteiger partial charge < -0.3 is 11.1 Å². The van der Waals surface area contributed by atoms with E-state index in [0.717, 1.165) is 19.3 Å². The quantitative estimate of drug-likeness (QED) is 0.661. The van der Waals surface area contributed by atoms with E-state index in [4.69, 9.17) is 5.73 Å². The number of hydrogen-bond acceptors (Lipinski definition) is 2. The first-order valence-corrected chi connectivity index (χ1v) is 5.48. The van der Waals surface area contributed by atoms with Crippen molar-refractivity contribution >= 4 is 5.91 Å². The Morgan fingerprint density at radius 2 is 2.36 bits per heavy atom. The zero-order valence-electron chi connectivity index (χ0n) is 8.46. The topological polar surface area (TPSA) is 55.1 Å². The van der Waals surface area contributed by atoms with Crippen LogP contribution in [0.4, 0.5) is 0 Å². The van der Waals surface area contributed by atoms with Crippen LogP contribution in [0.2, 0.25) is 0 Å². The standard InChI is InChI=1S/C11H18N2O/c12-9-7-10(9)13-11(14)6-8-4-2-1-3-5-8/h4,9-10H,1-3,5-7,12H2,(H,13,14). The van der Waals surface area contributed by atoms with Gasteiger partial charge in [0.05, 0.1) is 0 Å². The Hall–Kier alpha value is -0.830. The van der Waals surface area contributed by atoms with Gasteiger partial charge >= 0.3 is 0 Å². The molecule has 0 radical (unpaired) electrons. The largest absolute Gasteiger partial charge is 0.351 e. The van der Waals surface area contributed by atoms with Crippen LogP contribution in [0.1, 0.15) is 38.5 Å². The number of allylic oxidation sites excluding steroid dienone is 1. The Kier molecular flexibility index (Phi) is 2.87. The first-order valence-electron chi connectivity index (χ1n) is 5.48. The van der Waals surface area contributed by atoms with E-state index in [2.05, 4.69) is 11.4 Å². The van der Waals surface area contributed by atoms with Crippen LogP contribution < -0.4 is 11.1 Å². The summed E-state index contributed by atoms with van der Waals surface area (Å²) in [6.45, 7) is 0. The SMILES string of the molecule is NC1CC1NC(=O)CC1=CCCCC1. The van der Waals surface area contributed by atoms with Crippen molar-refractivity contribution in [3.05, 3.63) is 11.6 Å². The summed E-state index contributed by atoms with van der Waals surface area (Å²) in [6, 6.07) is 0.464. The second-order valence-corrected chi connectivity index (χ2v) is 4.36. The Morgan fingerprint density at radius 1 is 1.57 bits per heavy atom. The first kappa shape index (κ1) is 9.71. The smallest absolute Gasteiger partial charge is 0.224 e. The summed E-state index contributed by atoms with van der Waals surface area (Å²) in [5.74, 6) is 0.149. The van der Waals surface area contributed by atoms with E-state index in [9.17, 15) is 4.79 Å². The van der Waals surface area contributed by atoms with Gasteiger partial charge in [0, 0.05) is 18.5 Å². The fourth-order valence-electron chi connectivity index (χ4n) is 1.91. The molecule has 0 aromatic carbocycles. The van der Waals surface area contributed by atoms with Gasteiger partial charge in [-0.2, -0.15) is 0 Å². The van der Waals surface area contributed by atoms with Gasteiger partial charge in [0.15, 0.2) is 0 Å². The zero-order valence-corrected chi connectivity index (χ0v) is 8.46. The van der Waals surface area contributed by atoms with Crippen LogP contribution in [0.25, 0.3) is 0 Å². The molecule has 14 heavy (non-hydrogen) atoms. The van der Waals surface area contributed by atoms with Gasteiger partial charge in [-0.15, -0.1) is 0 Å². The molecule has 2 aliphatic carbocycles. The molecule has 2 rings (SSSR count). The normalized spacial score (nSPS) is 30.8. The summed E-state index contributed by atoms with van der Waals surface area (Å²) in [5, 5.41) is 2.95. The average Bonchev–Trinajstić information content (AvgIpc) is 2.83. The number of nitrogens with one attached hydrogen (secondary N) is 1. The predicted molar refractivity (Wildman–Crippen MR) is 55.7 cm³/mol. The highest BCUT2D eigenvalue weighted by Crippen LogP contribution is 2.21. The monoisotopic (exact) mass is 194 g/mol. The highest BCUT2D eigenvalue weighted by atomic mass is 16.1. The Balaban J connectivity index is 1.73. The minimum absolute atomic E-state index is 0.149. The molecule has 0 aliphatic heterocycles. The summed E-state index contributed by atoms with van der Waals surface area (Å²) < 4.78 is 0. The van der Waals surface area contributed by atoms with Gasteiger partial charge in [-0.3, -0.25) is 4.79 Å². The number of rotatable bonds is 3. The van der Waals surface area contributed by atoms with E-state index >= 15 is 0 Å². The summed E-state index contributed by atoms with van der Waals surface area (Å²) in [4.78, 5) is 11.5. The van der Waals surface area contributed by atoms with E-state index in [1.165, 1.54) is 18.4 Å². The summed E-state index contributed by atoms with van der Waals surface area (Å²) >= 11 is 0. The molecule has 1 fully saturated rings. The molecule has 3 nitrogen and oxygen atoms in total. The highest BCUT2D eigenvalue weighted by Gasteiger charge is 2.34. The minimum atomic E-state index is 0.149. The second-order valence-electron chi connectivity index (χ2n) is 4.36. The van der Waals surface area contributed by atoms with E-state index < -0.39 is 0 Å². The molecule has 2 atom stereocenters. The molecule has 1 amide bonds. The van der Waals surface area contributed by atoms with Crippen LogP contribution in [-0.2, 0) is 4.79 Å². The van der Waals surface area contributed by atoms with Crippen LogP contribution in [0.15, 0.2) is 11.6 Å². The second kappa shape index (κ2) is 4.13. The van der Waals surface area contributed by atoms with Gasteiger partial charge in [0.25, 0.3) is 0 Å². The minimum Gasteiger partial charge on any atom is -0.351 e. The maximum Gasteiger partial charge on any atom is 0.224 e. The van der Waals surface area contributed by atoms with Crippen LogP contribution in [-0.4, -0.2) is 18.0 Å². The van der Waals surface area contributed by atoms with E-state index in [0.29, 0.717) is 6.42 Å². The van der Waals surface area contributed by atoms with Crippen LogP contribution in [0.3, 0.4) is 0 Å². The Morgan fingerprint density at radius 3 is 2.93 bits per heavy atom. The Bertz CT molecular complexity index is 260. The molecule has 1 saturated carbocycles. The summed E-state index contributed by atoms with van der Waals surface area (Å²) in [5.41, 5.74) is 6.93. The molecule has 78 valence electrons. The molecule has 3 heteroatoms. The lowest BCUT2D eigenvalue weighted by Crippen LogP contribution is -2.29. The van der Waals surface area contributed by atoms with Crippen LogP contribution in [0.5, 0.6) is 0 Å². The molecule has 0 aromatic heterocycles. The van der Waals surface area contributed by atoms with Crippen molar-refractivity contribution in [2.75, 3.05) is 0 Å². The number of carbonyl (C=O) groups excluding carboxylic acids is 1. The molecule has 0 bridgehead atoms. The van der Waals surface area contributed by atoms with Gasteiger partial charge in [-0.05, 0) is 32.1 Å². The molecular formula is C11H18N2O. The van der Waals surface area contributed by atoms with Gasteiger partial charge in [-0.1, -0.05) is 11.6 Å². The zero-order chi connectivity index (χ0) is 9.97. The van der Waals surface area contributed by atoms with Crippen molar-refractivity contribution in [2.24, 2.45) is 5.73 Å². The van der Waals surface area contributed by atoms with E-state index in [-0.39, 0.29) is 18.0 Å². The van der Waals surface area contributed by atoms with Crippen molar-refractivity contribution in [2.45, 2.75) is 50.6 Å². The summed E-state index contributed by atoms with van der Waals surface area (Å²) in [6.07, 6.45) is 8.51. The lowest BCUT2D eigenvalue weighted by atomic mass is 9.97. The van der Waals surface area contributed by atoms with E-state index in [1.807, 2.05) is 0 Å². The fourth-order valence-corrected chi connectivity index (χ4v) is 1.91. The molecule has 0 saturated heterocycles. The molecule has 3 N–H and O–H groups in total. The number of amides is 1. The average molecular weight is 194 g/mol. The maximum absolute atomic E-state index is 11.5. The van der Waals surface area contributed by atoms with Crippen molar-refractivity contribution in [3.63, 3.8) is 0 Å². The fraction of sp³-hybridized carbons (Fsp3) is 0.727. The molecule has 0 spiro atoms. The van der Waals surface area contributed by atoms with Gasteiger partial charge in [0.2, 0.25) is 5.91 Å². The van der Waals surface area contributed by atoms with Crippen molar-refractivity contribution in [1.29, 1.82) is 0 Å². The third-order valence-electron chi connectivity index (χ3n) is 2.96. The molecule has 2 unspecified atom stereocenters. The van der Waals surface area contributed by atoms with Crippen molar-refractivity contribution < 1.29 is 4.79 Å². The third kappa shape index (κ3) is 2.58. The van der Waals surface area contributed by atoms with Crippen LogP contribution in [0, 0.1) is 0 Å². The van der Waals surface area contributed by atoms with Gasteiger partial charge in [-0.25, -0.2) is 0 Å². The van der Waals surface area contributed by atoms with Crippen LogP contribution >= 0.6 is 0 Å². The molecular weight excluding hydrogens is 176 g/mol. The number of hydrogen-bond donors (Lipinski definition) is 2.